The SMILES string of the molecule is Cc1nc(NC(=O)C2CCN(C(=O)C3CC3)CC2)n[nH]1. The average molecular weight is 277 g/mol. The van der Waals surface area contributed by atoms with Gasteiger partial charge in [0.2, 0.25) is 17.8 Å². The van der Waals surface area contributed by atoms with Gasteiger partial charge in [0.25, 0.3) is 0 Å². The Morgan fingerprint density at radius 1 is 1.20 bits per heavy atom. The van der Waals surface area contributed by atoms with Crippen molar-refractivity contribution in [2.24, 2.45) is 11.8 Å². The molecule has 20 heavy (non-hydrogen) atoms. The van der Waals surface area contributed by atoms with Gasteiger partial charge in [-0.1, -0.05) is 0 Å². The minimum atomic E-state index is -0.0583. The molecule has 1 aromatic heterocycles. The summed E-state index contributed by atoms with van der Waals surface area (Å²) in [5.74, 6) is 1.42. The Bertz CT molecular complexity index is 515. The second-order valence-corrected chi connectivity index (χ2v) is 5.61. The van der Waals surface area contributed by atoms with Gasteiger partial charge in [-0.15, -0.1) is 5.10 Å². The molecule has 0 unspecified atom stereocenters. The van der Waals surface area contributed by atoms with Gasteiger partial charge >= 0.3 is 0 Å². The topological polar surface area (TPSA) is 91.0 Å². The first-order valence-corrected chi connectivity index (χ1v) is 7.12. The Balaban J connectivity index is 1.49. The van der Waals surface area contributed by atoms with Crippen LogP contribution in [0.3, 0.4) is 0 Å². The molecule has 7 nitrogen and oxygen atoms in total. The van der Waals surface area contributed by atoms with Gasteiger partial charge in [0.15, 0.2) is 0 Å². The van der Waals surface area contributed by atoms with E-state index in [0.29, 0.717) is 37.7 Å². The van der Waals surface area contributed by atoms with Gasteiger partial charge < -0.3 is 4.90 Å². The standard InChI is InChI=1S/C13H19N5O2/c1-8-14-13(17-16-8)15-11(19)9-4-6-18(7-5-9)12(20)10-2-3-10/h9-10H,2-7H2,1H3,(H2,14,15,16,17,19). The molecule has 1 aliphatic carbocycles. The Morgan fingerprint density at radius 2 is 1.90 bits per heavy atom. The zero-order valence-corrected chi connectivity index (χ0v) is 11.6. The third kappa shape index (κ3) is 2.81. The van der Waals surface area contributed by atoms with Gasteiger partial charge in [-0.25, -0.2) is 0 Å². The van der Waals surface area contributed by atoms with Crippen molar-refractivity contribution in [3.05, 3.63) is 5.82 Å². The number of likely N-dealkylation sites (tertiary alicyclic amines) is 1. The summed E-state index contributed by atoms with van der Waals surface area (Å²) in [5, 5.41) is 9.30. The Hall–Kier alpha value is -1.92. The van der Waals surface area contributed by atoms with Crippen LogP contribution in [-0.4, -0.2) is 45.0 Å². The number of hydrogen-bond acceptors (Lipinski definition) is 4. The van der Waals surface area contributed by atoms with Crippen molar-refractivity contribution >= 4 is 17.8 Å². The van der Waals surface area contributed by atoms with Crippen LogP contribution in [0.4, 0.5) is 5.95 Å². The van der Waals surface area contributed by atoms with Crippen molar-refractivity contribution in [2.45, 2.75) is 32.6 Å². The molecule has 1 saturated heterocycles. The van der Waals surface area contributed by atoms with E-state index in [2.05, 4.69) is 20.5 Å². The predicted octanol–water partition coefficient (Wildman–Crippen LogP) is 0.700. The summed E-state index contributed by atoms with van der Waals surface area (Å²) < 4.78 is 0. The minimum Gasteiger partial charge on any atom is -0.342 e. The van der Waals surface area contributed by atoms with Crippen molar-refractivity contribution in [3.8, 4) is 0 Å². The lowest BCUT2D eigenvalue weighted by atomic mass is 9.95. The van der Waals surface area contributed by atoms with Gasteiger partial charge in [-0.3, -0.25) is 20.0 Å². The van der Waals surface area contributed by atoms with E-state index in [9.17, 15) is 9.59 Å². The molecular weight excluding hydrogens is 258 g/mol. The fourth-order valence-electron chi connectivity index (χ4n) is 2.56. The maximum Gasteiger partial charge on any atom is 0.248 e. The lowest BCUT2D eigenvalue weighted by Crippen LogP contribution is -2.42. The first kappa shape index (κ1) is 13.1. The van der Waals surface area contributed by atoms with E-state index in [0.717, 1.165) is 12.8 Å². The Labute approximate surface area is 117 Å². The van der Waals surface area contributed by atoms with Crippen LogP contribution in [0.5, 0.6) is 0 Å². The molecule has 2 amide bonds. The van der Waals surface area contributed by atoms with Crippen LogP contribution in [-0.2, 0) is 9.59 Å². The molecule has 0 spiro atoms. The highest BCUT2D eigenvalue weighted by atomic mass is 16.2. The second-order valence-electron chi connectivity index (χ2n) is 5.61. The van der Waals surface area contributed by atoms with Crippen LogP contribution < -0.4 is 5.32 Å². The average Bonchev–Trinajstić information content (AvgIpc) is 3.22. The van der Waals surface area contributed by atoms with Crippen LogP contribution in [0, 0.1) is 18.8 Å². The van der Waals surface area contributed by atoms with Crippen LogP contribution >= 0.6 is 0 Å². The van der Waals surface area contributed by atoms with Gasteiger partial charge in [0, 0.05) is 24.9 Å². The molecule has 2 aliphatic rings. The van der Waals surface area contributed by atoms with E-state index in [-0.39, 0.29) is 23.7 Å². The van der Waals surface area contributed by atoms with Gasteiger partial charge in [-0.2, -0.15) is 4.98 Å². The van der Waals surface area contributed by atoms with E-state index >= 15 is 0 Å². The number of piperidine rings is 1. The molecule has 2 fully saturated rings. The van der Waals surface area contributed by atoms with Crippen LogP contribution in [0.25, 0.3) is 0 Å². The second kappa shape index (κ2) is 5.22. The van der Waals surface area contributed by atoms with Crippen LogP contribution in [0.1, 0.15) is 31.5 Å². The molecule has 108 valence electrons. The zero-order chi connectivity index (χ0) is 14.1. The van der Waals surface area contributed by atoms with Crippen molar-refractivity contribution in [1.29, 1.82) is 0 Å². The third-order valence-electron chi connectivity index (χ3n) is 3.94. The number of carbonyl (C=O) groups excluding carboxylic acids is 2. The van der Waals surface area contributed by atoms with E-state index < -0.39 is 0 Å². The molecule has 1 aromatic rings. The number of nitrogens with one attached hydrogen (secondary N) is 2. The van der Waals surface area contributed by atoms with Crippen molar-refractivity contribution in [1.82, 2.24) is 20.1 Å². The van der Waals surface area contributed by atoms with Crippen LogP contribution in [0.15, 0.2) is 0 Å². The number of amides is 2. The van der Waals surface area contributed by atoms with E-state index in [4.69, 9.17) is 0 Å². The molecular formula is C13H19N5O2. The van der Waals surface area contributed by atoms with Crippen molar-refractivity contribution in [3.63, 3.8) is 0 Å². The smallest absolute Gasteiger partial charge is 0.248 e. The summed E-state index contributed by atoms with van der Waals surface area (Å²) in [4.78, 5) is 30.0. The van der Waals surface area contributed by atoms with Gasteiger partial charge in [0.1, 0.15) is 5.82 Å². The largest absolute Gasteiger partial charge is 0.342 e. The van der Waals surface area contributed by atoms with Gasteiger partial charge in [0.05, 0.1) is 0 Å². The molecule has 1 saturated carbocycles. The summed E-state index contributed by atoms with van der Waals surface area (Å²) in [7, 11) is 0. The lowest BCUT2D eigenvalue weighted by molar-refractivity contribution is -0.135. The summed E-state index contributed by atoms with van der Waals surface area (Å²) >= 11 is 0. The number of carbonyl (C=O) groups is 2. The number of aromatic nitrogens is 3. The van der Waals surface area contributed by atoms with Crippen molar-refractivity contribution in [2.75, 3.05) is 18.4 Å². The number of aryl methyl sites for hydroxylation is 1. The van der Waals surface area contributed by atoms with Crippen molar-refractivity contribution < 1.29 is 9.59 Å². The quantitative estimate of drug-likeness (QED) is 0.851. The molecule has 1 aliphatic heterocycles. The number of nitrogens with zero attached hydrogens (tertiary/aromatic N) is 3. The molecule has 0 bridgehead atoms. The first-order chi connectivity index (χ1) is 9.63. The maximum atomic E-state index is 12.1. The van der Waals surface area contributed by atoms with E-state index in [1.54, 1.807) is 6.92 Å². The molecule has 2 N–H and O–H groups in total. The molecule has 0 aromatic carbocycles. The predicted molar refractivity (Wildman–Crippen MR) is 71.8 cm³/mol. The lowest BCUT2D eigenvalue weighted by Gasteiger charge is -2.31. The summed E-state index contributed by atoms with van der Waals surface area (Å²) in [6.07, 6.45) is 3.49. The molecule has 7 heteroatoms. The maximum absolute atomic E-state index is 12.1. The highest BCUT2D eigenvalue weighted by Gasteiger charge is 2.36. The number of H-pyrrole nitrogens is 1. The Morgan fingerprint density at radius 3 is 2.45 bits per heavy atom. The highest BCUT2D eigenvalue weighted by molar-refractivity contribution is 5.91. The van der Waals surface area contributed by atoms with Crippen LogP contribution in [0.2, 0.25) is 0 Å². The monoisotopic (exact) mass is 277 g/mol. The molecule has 2 heterocycles. The number of hydrogen-bond donors (Lipinski definition) is 2. The number of anilines is 1. The molecule has 3 rings (SSSR count). The van der Waals surface area contributed by atoms with E-state index in [1.807, 2.05) is 4.90 Å². The normalized spacial score (nSPS) is 19.9. The third-order valence-corrected chi connectivity index (χ3v) is 3.94. The summed E-state index contributed by atoms with van der Waals surface area (Å²) in [6.45, 7) is 3.14. The number of aromatic amines is 1. The summed E-state index contributed by atoms with van der Waals surface area (Å²) in [5.41, 5.74) is 0. The first-order valence-electron chi connectivity index (χ1n) is 7.12. The minimum absolute atomic E-state index is 0.0532. The fraction of sp³-hybridized carbons (Fsp3) is 0.692. The fourth-order valence-corrected chi connectivity index (χ4v) is 2.56. The van der Waals surface area contributed by atoms with E-state index in [1.165, 1.54) is 0 Å². The van der Waals surface area contributed by atoms with Gasteiger partial charge in [-0.05, 0) is 32.6 Å². The zero-order valence-electron chi connectivity index (χ0n) is 11.6. The molecule has 0 atom stereocenters. The molecule has 0 radical (unpaired) electrons. The Kier molecular flexibility index (Phi) is 3.42. The highest BCUT2D eigenvalue weighted by Crippen LogP contribution is 2.32. The number of rotatable bonds is 3. The summed E-state index contributed by atoms with van der Waals surface area (Å²) in [6, 6.07) is 0.